The van der Waals surface area contributed by atoms with Crippen LogP contribution in [0.2, 0.25) is 0 Å². The first-order chi connectivity index (χ1) is 13.7. The molecule has 1 atom stereocenters. The largest absolute Gasteiger partial charge is 0.371 e. The number of nitrogens with zero attached hydrogens (tertiary/aromatic N) is 2. The van der Waals surface area contributed by atoms with E-state index >= 15 is 0 Å². The van der Waals surface area contributed by atoms with Gasteiger partial charge in [-0.15, -0.1) is 0 Å². The molecule has 1 heterocycles. The van der Waals surface area contributed by atoms with Crippen LogP contribution in [-0.4, -0.2) is 39.2 Å². The Labute approximate surface area is 166 Å². The number of anilines is 1. The van der Waals surface area contributed by atoms with Crippen molar-refractivity contribution < 1.29 is 4.39 Å². The Morgan fingerprint density at radius 2 is 1.96 bits per heavy atom. The van der Waals surface area contributed by atoms with E-state index in [1.54, 1.807) is 12.1 Å². The molecule has 0 spiro atoms. The topological polar surface area (TPSA) is 39.7 Å². The van der Waals surface area contributed by atoms with Crippen LogP contribution >= 0.6 is 0 Å². The van der Waals surface area contributed by atoms with E-state index < -0.39 is 0 Å². The molecule has 28 heavy (non-hydrogen) atoms. The molecular weight excluding hydrogens is 351 g/mol. The van der Waals surface area contributed by atoms with Gasteiger partial charge in [-0.3, -0.25) is 4.99 Å². The Hall–Kier alpha value is -2.56. The Balaban J connectivity index is 1.26. The van der Waals surface area contributed by atoms with Crippen molar-refractivity contribution in [1.29, 1.82) is 0 Å². The van der Waals surface area contributed by atoms with Crippen molar-refractivity contribution in [2.45, 2.75) is 24.7 Å². The van der Waals surface area contributed by atoms with Crippen molar-refractivity contribution in [1.82, 2.24) is 10.6 Å². The molecule has 0 bridgehead atoms. The SMILES string of the molecule is CN=C(NCC1CCN(c2ccccc2)C1)NCC1(c2cccc(F)c2)CC1. The third kappa shape index (κ3) is 4.29. The lowest BCUT2D eigenvalue weighted by atomic mass is 9.96. The summed E-state index contributed by atoms with van der Waals surface area (Å²) in [5.74, 6) is 1.29. The van der Waals surface area contributed by atoms with Crippen molar-refractivity contribution in [2.24, 2.45) is 10.9 Å². The molecule has 2 fully saturated rings. The first-order valence-corrected chi connectivity index (χ1v) is 10.2. The molecule has 2 aromatic carbocycles. The molecule has 0 aromatic heterocycles. The molecule has 0 amide bonds. The molecule has 1 saturated carbocycles. The minimum atomic E-state index is -0.157. The number of rotatable bonds is 6. The summed E-state index contributed by atoms with van der Waals surface area (Å²) in [6.07, 6.45) is 3.37. The molecule has 2 aliphatic rings. The van der Waals surface area contributed by atoms with Crippen LogP contribution < -0.4 is 15.5 Å². The summed E-state index contributed by atoms with van der Waals surface area (Å²) >= 11 is 0. The van der Waals surface area contributed by atoms with Crippen LogP contribution in [0.5, 0.6) is 0 Å². The lowest BCUT2D eigenvalue weighted by molar-refractivity contribution is 0.559. The number of halogens is 1. The van der Waals surface area contributed by atoms with Gasteiger partial charge in [-0.1, -0.05) is 30.3 Å². The van der Waals surface area contributed by atoms with E-state index in [1.165, 1.54) is 18.2 Å². The summed E-state index contributed by atoms with van der Waals surface area (Å²) in [5.41, 5.74) is 2.44. The zero-order valence-electron chi connectivity index (χ0n) is 16.5. The van der Waals surface area contributed by atoms with Crippen LogP contribution in [0.25, 0.3) is 0 Å². The van der Waals surface area contributed by atoms with E-state index in [4.69, 9.17) is 0 Å². The summed E-state index contributed by atoms with van der Waals surface area (Å²) in [4.78, 5) is 6.83. The highest BCUT2D eigenvalue weighted by Gasteiger charge is 2.44. The van der Waals surface area contributed by atoms with E-state index in [9.17, 15) is 4.39 Å². The second-order valence-corrected chi connectivity index (χ2v) is 8.03. The van der Waals surface area contributed by atoms with Crippen LogP contribution in [0.3, 0.4) is 0 Å². The summed E-state index contributed by atoms with van der Waals surface area (Å²) in [5, 5.41) is 6.94. The highest BCUT2D eigenvalue weighted by Crippen LogP contribution is 2.47. The average Bonchev–Trinajstić information content (AvgIpc) is 3.38. The molecule has 1 aliphatic heterocycles. The van der Waals surface area contributed by atoms with E-state index in [0.717, 1.165) is 50.5 Å². The smallest absolute Gasteiger partial charge is 0.191 e. The van der Waals surface area contributed by atoms with Crippen LogP contribution in [0, 0.1) is 11.7 Å². The average molecular weight is 381 g/mol. The van der Waals surface area contributed by atoms with Gasteiger partial charge in [-0.25, -0.2) is 4.39 Å². The minimum Gasteiger partial charge on any atom is -0.371 e. The first-order valence-electron chi connectivity index (χ1n) is 10.2. The lowest BCUT2D eigenvalue weighted by Crippen LogP contribution is -2.43. The molecular formula is C23H29FN4. The van der Waals surface area contributed by atoms with E-state index in [0.29, 0.717) is 5.92 Å². The second kappa shape index (κ2) is 8.21. The summed E-state index contributed by atoms with van der Waals surface area (Å²) in [6, 6.07) is 17.6. The van der Waals surface area contributed by atoms with Gasteiger partial charge in [0.15, 0.2) is 5.96 Å². The maximum atomic E-state index is 13.6. The number of nitrogens with one attached hydrogen (secondary N) is 2. The number of hydrogen-bond donors (Lipinski definition) is 2. The molecule has 1 unspecified atom stereocenters. The standard InChI is InChI=1S/C23H29FN4/c1-25-22(27-17-23(11-12-23)19-6-5-7-20(24)14-19)26-15-18-10-13-28(16-18)21-8-3-2-4-9-21/h2-9,14,18H,10-13,15-17H2,1H3,(H2,25,26,27). The molecule has 1 aliphatic carbocycles. The van der Waals surface area contributed by atoms with Gasteiger partial charge in [-0.05, 0) is 55.0 Å². The normalized spacial score (nSPS) is 20.9. The molecule has 4 nitrogen and oxygen atoms in total. The molecule has 148 valence electrons. The van der Waals surface area contributed by atoms with Crippen LogP contribution in [0.15, 0.2) is 59.6 Å². The number of benzene rings is 2. The summed E-state index contributed by atoms with van der Waals surface area (Å²) < 4.78 is 13.6. The zero-order valence-corrected chi connectivity index (χ0v) is 16.5. The van der Waals surface area contributed by atoms with Gasteiger partial charge in [0.25, 0.3) is 0 Å². The molecule has 2 aromatic rings. The molecule has 1 saturated heterocycles. The van der Waals surface area contributed by atoms with Gasteiger partial charge >= 0.3 is 0 Å². The van der Waals surface area contributed by atoms with Gasteiger partial charge in [-0.2, -0.15) is 0 Å². The molecule has 0 radical (unpaired) electrons. The Morgan fingerprint density at radius 3 is 2.68 bits per heavy atom. The van der Waals surface area contributed by atoms with Crippen molar-refractivity contribution >= 4 is 11.6 Å². The Kier molecular flexibility index (Phi) is 5.51. The Morgan fingerprint density at radius 1 is 1.14 bits per heavy atom. The predicted octanol–water partition coefficient (Wildman–Crippen LogP) is 3.55. The third-order valence-corrected chi connectivity index (χ3v) is 6.07. The highest BCUT2D eigenvalue weighted by atomic mass is 19.1. The van der Waals surface area contributed by atoms with E-state index in [2.05, 4.69) is 50.9 Å². The quantitative estimate of drug-likeness (QED) is 0.595. The van der Waals surface area contributed by atoms with E-state index in [1.807, 2.05) is 13.1 Å². The van der Waals surface area contributed by atoms with Crippen LogP contribution in [0.4, 0.5) is 10.1 Å². The summed E-state index contributed by atoms with van der Waals surface area (Å²) in [6.45, 7) is 3.87. The maximum Gasteiger partial charge on any atom is 0.191 e. The monoisotopic (exact) mass is 380 g/mol. The third-order valence-electron chi connectivity index (χ3n) is 6.07. The van der Waals surface area contributed by atoms with Crippen molar-refractivity contribution in [3.8, 4) is 0 Å². The zero-order chi connectivity index (χ0) is 19.4. The predicted molar refractivity (Wildman–Crippen MR) is 113 cm³/mol. The number of para-hydroxylation sites is 1. The first kappa shape index (κ1) is 18.8. The number of guanidine groups is 1. The van der Waals surface area contributed by atoms with Gasteiger partial charge in [0.1, 0.15) is 5.82 Å². The van der Waals surface area contributed by atoms with Gasteiger partial charge in [0.05, 0.1) is 0 Å². The lowest BCUT2D eigenvalue weighted by Gasteiger charge is -2.21. The van der Waals surface area contributed by atoms with Crippen molar-refractivity contribution in [3.63, 3.8) is 0 Å². The van der Waals surface area contributed by atoms with Crippen molar-refractivity contribution in [3.05, 3.63) is 66.0 Å². The Bertz CT molecular complexity index is 816. The maximum absolute atomic E-state index is 13.6. The van der Waals surface area contributed by atoms with Crippen LogP contribution in [-0.2, 0) is 5.41 Å². The van der Waals surface area contributed by atoms with Gasteiger partial charge in [0.2, 0.25) is 0 Å². The molecule has 2 N–H and O–H groups in total. The molecule has 5 heteroatoms. The van der Waals surface area contributed by atoms with Gasteiger partial charge < -0.3 is 15.5 Å². The summed E-state index contributed by atoms with van der Waals surface area (Å²) in [7, 11) is 1.81. The molecule has 4 rings (SSSR count). The fourth-order valence-corrected chi connectivity index (χ4v) is 4.12. The second-order valence-electron chi connectivity index (χ2n) is 8.03. The fourth-order valence-electron chi connectivity index (χ4n) is 4.12. The highest BCUT2D eigenvalue weighted by molar-refractivity contribution is 5.79. The fraction of sp³-hybridized carbons (Fsp3) is 0.435. The van der Waals surface area contributed by atoms with Gasteiger partial charge in [0, 0.05) is 44.3 Å². The number of aliphatic imine (C=N–C) groups is 1. The van der Waals surface area contributed by atoms with Crippen molar-refractivity contribution in [2.75, 3.05) is 38.1 Å². The number of hydrogen-bond acceptors (Lipinski definition) is 2. The van der Waals surface area contributed by atoms with E-state index in [-0.39, 0.29) is 11.2 Å². The minimum absolute atomic E-state index is 0.0528. The van der Waals surface area contributed by atoms with Crippen LogP contribution in [0.1, 0.15) is 24.8 Å².